The second kappa shape index (κ2) is 6.57. The molecular formula is C14H17Br2N3. The number of anilines is 1. The van der Waals surface area contributed by atoms with E-state index in [2.05, 4.69) is 66.9 Å². The molecule has 0 aliphatic carbocycles. The minimum Gasteiger partial charge on any atom is -0.378 e. The molecule has 0 saturated heterocycles. The highest BCUT2D eigenvalue weighted by Crippen LogP contribution is 2.30. The van der Waals surface area contributed by atoms with E-state index in [0.717, 1.165) is 39.8 Å². The van der Waals surface area contributed by atoms with E-state index in [1.807, 2.05) is 18.2 Å². The lowest BCUT2D eigenvalue weighted by Gasteiger charge is -2.11. The van der Waals surface area contributed by atoms with Crippen molar-refractivity contribution in [3.63, 3.8) is 0 Å². The molecule has 1 aromatic carbocycles. The van der Waals surface area contributed by atoms with Gasteiger partial charge in [0.1, 0.15) is 0 Å². The summed E-state index contributed by atoms with van der Waals surface area (Å²) in [6.07, 6.45) is 0.971. The molecule has 19 heavy (non-hydrogen) atoms. The molecule has 1 aromatic heterocycles. The zero-order valence-corrected chi connectivity index (χ0v) is 14.3. The predicted molar refractivity (Wildman–Crippen MR) is 86.4 cm³/mol. The third-order valence-corrected chi connectivity index (χ3v) is 4.31. The van der Waals surface area contributed by atoms with Crippen LogP contribution in [0.4, 0.5) is 5.69 Å². The Hall–Kier alpha value is -0.810. The highest BCUT2D eigenvalue weighted by molar-refractivity contribution is 9.11. The zero-order chi connectivity index (χ0) is 13.8. The average molecular weight is 387 g/mol. The van der Waals surface area contributed by atoms with Gasteiger partial charge in [0.05, 0.1) is 23.6 Å². The highest BCUT2D eigenvalue weighted by atomic mass is 79.9. The van der Waals surface area contributed by atoms with Crippen molar-refractivity contribution in [2.45, 2.75) is 33.4 Å². The van der Waals surface area contributed by atoms with Crippen LogP contribution in [0, 0.1) is 0 Å². The minimum atomic E-state index is 0.766. The topological polar surface area (TPSA) is 29.9 Å². The van der Waals surface area contributed by atoms with Crippen LogP contribution in [0.2, 0.25) is 0 Å². The molecule has 102 valence electrons. The highest BCUT2D eigenvalue weighted by Gasteiger charge is 2.08. The summed E-state index contributed by atoms with van der Waals surface area (Å²) in [5.74, 6) is 0. The second-order valence-electron chi connectivity index (χ2n) is 4.25. The van der Waals surface area contributed by atoms with Gasteiger partial charge < -0.3 is 5.32 Å². The van der Waals surface area contributed by atoms with E-state index in [-0.39, 0.29) is 0 Å². The monoisotopic (exact) mass is 385 g/mol. The molecule has 1 N–H and O–H groups in total. The van der Waals surface area contributed by atoms with Gasteiger partial charge >= 0.3 is 0 Å². The van der Waals surface area contributed by atoms with Gasteiger partial charge in [-0.2, -0.15) is 5.10 Å². The summed E-state index contributed by atoms with van der Waals surface area (Å²) in [5.41, 5.74) is 3.43. The third-order valence-electron chi connectivity index (χ3n) is 2.98. The van der Waals surface area contributed by atoms with Crippen LogP contribution in [-0.2, 0) is 19.5 Å². The Balaban J connectivity index is 2.16. The lowest BCUT2D eigenvalue weighted by atomic mass is 10.3. The molecule has 0 aliphatic rings. The van der Waals surface area contributed by atoms with Gasteiger partial charge in [0.2, 0.25) is 0 Å². The molecule has 0 saturated carbocycles. The lowest BCUT2D eigenvalue weighted by Crippen LogP contribution is -2.08. The van der Waals surface area contributed by atoms with Crippen LogP contribution in [0.1, 0.15) is 25.2 Å². The van der Waals surface area contributed by atoms with Crippen molar-refractivity contribution < 1.29 is 0 Å². The third kappa shape index (κ3) is 3.39. The Bertz CT molecular complexity index is 544. The van der Waals surface area contributed by atoms with Crippen LogP contribution in [0.15, 0.2) is 33.2 Å². The van der Waals surface area contributed by atoms with Gasteiger partial charge in [0, 0.05) is 15.5 Å². The van der Waals surface area contributed by atoms with Gasteiger partial charge in [-0.05, 0) is 63.4 Å². The summed E-state index contributed by atoms with van der Waals surface area (Å²) < 4.78 is 4.16. The Labute approximate surface area is 130 Å². The van der Waals surface area contributed by atoms with Gasteiger partial charge in [-0.1, -0.05) is 13.0 Å². The second-order valence-corrected chi connectivity index (χ2v) is 5.96. The van der Waals surface area contributed by atoms with Crippen molar-refractivity contribution in [2.24, 2.45) is 0 Å². The fourth-order valence-corrected chi connectivity index (χ4v) is 3.23. The fourth-order valence-electron chi connectivity index (χ4n) is 1.95. The molecule has 0 radical (unpaired) electrons. The van der Waals surface area contributed by atoms with E-state index in [9.17, 15) is 0 Å². The number of nitrogens with one attached hydrogen (secondary N) is 1. The molecule has 0 atom stereocenters. The van der Waals surface area contributed by atoms with Gasteiger partial charge in [0.25, 0.3) is 0 Å². The summed E-state index contributed by atoms with van der Waals surface area (Å²) in [6, 6.07) is 8.23. The maximum absolute atomic E-state index is 4.56. The number of hydrogen-bond donors (Lipinski definition) is 1. The normalized spacial score (nSPS) is 10.7. The van der Waals surface area contributed by atoms with Crippen molar-refractivity contribution in [1.29, 1.82) is 0 Å². The van der Waals surface area contributed by atoms with E-state index >= 15 is 0 Å². The molecule has 3 nitrogen and oxygen atoms in total. The summed E-state index contributed by atoms with van der Waals surface area (Å²) >= 11 is 7.12. The molecule has 0 amide bonds. The van der Waals surface area contributed by atoms with Crippen LogP contribution in [0.5, 0.6) is 0 Å². The van der Waals surface area contributed by atoms with E-state index in [1.165, 1.54) is 5.69 Å². The predicted octanol–water partition coefficient (Wildman–Crippen LogP) is 4.60. The summed E-state index contributed by atoms with van der Waals surface area (Å²) in [6.45, 7) is 5.91. The first kappa shape index (κ1) is 14.6. The maximum atomic E-state index is 4.56. The smallest absolute Gasteiger partial charge is 0.0632 e. The van der Waals surface area contributed by atoms with Crippen molar-refractivity contribution >= 4 is 37.5 Å². The van der Waals surface area contributed by atoms with Crippen molar-refractivity contribution in [2.75, 3.05) is 5.32 Å². The number of nitrogens with zero attached hydrogens (tertiary/aromatic N) is 2. The average Bonchev–Trinajstić information content (AvgIpc) is 2.80. The van der Waals surface area contributed by atoms with Crippen molar-refractivity contribution in [3.05, 3.63) is 44.6 Å². The molecule has 0 fully saturated rings. The number of hydrogen-bond acceptors (Lipinski definition) is 2. The van der Waals surface area contributed by atoms with Crippen LogP contribution < -0.4 is 5.32 Å². The molecule has 0 aliphatic heterocycles. The van der Waals surface area contributed by atoms with Crippen LogP contribution in [-0.4, -0.2) is 9.78 Å². The zero-order valence-electron chi connectivity index (χ0n) is 11.1. The lowest BCUT2D eigenvalue weighted by molar-refractivity contribution is 0.619. The number of aryl methyl sites for hydroxylation is 2. The van der Waals surface area contributed by atoms with E-state index < -0.39 is 0 Å². The maximum Gasteiger partial charge on any atom is 0.0632 e. The van der Waals surface area contributed by atoms with E-state index in [1.54, 1.807) is 0 Å². The molecule has 5 heteroatoms. The standard InChI is InChI=1S/C14H17Br2N3/c1-3-10-8-11(19(4-2)18-10)9-17-14-12(15)6-5-7-13(14)16/h5-8,17H,3-4,9H2,1-2H3. The molecule has 0 unspecified atom stereocenters. The van der Waals surface area contributed by atoms with E-state index in [4.69, 9.17) is 0 Å². The first-order valence-corrected chi connectivity index (χ1v) is 7.97. The van der Waals surface area contributed by atoms with E-state index in [0.29, 0.717) is 0 Å². The quantitative estimate of drug-likeness (QED) is 0.813. The molecule has 2 rings (SSSR count). The summed E-state index contributed by atoms with van der Waals surface area (Å²) in [4.78, 5) is 0. The van der Waals surface area contributed by atoms with Gasteiger partial charge in [-0.3, -0.25) is 4.68 Å². The Morgan fingerprint density at radius 1 is 1.21 bits per heavy atom. The van der Waals surface area contributed by atoms with Crippen molar-refractivity contribution in [1.82, 2.24) is 9.78 Å². The first-order valence-electron chi connectivity index (χ1n) is 6.39. The number of rotatable bonds is 5. The molecule has 2 aromatic rings. The first-order chi connectivity index (χ1) is 9.15. The fraction of sp³-hybridized carbons (Fsp3) is 0.357. The minimum absolute atomic E-state index is 0.766. The van der Waals surface area contributed by atoms with Crippen molar-refractivity contribution in [3.8, 4) is 0 Å². The van der Waals surface area contributed by atoms with Gasteiger partial charge in [-0.15, -0.1) is 0 Å². The Morgan fingerprint density at radius 3 is 2.47 bits per heavy atom. The number of halogens is 2. The van der Waals surface area contributed by atoms with Crippen LogP contribution in [0.25, 0.3) is 0 Å². The SMILES string of the molecule is CCc1cc(CNc2c(Br)cccc2Br)n(CC)n1. The number of para-hydroxylation sites is 1. The van der Waals surface area contributed by atoms with Crippen LogP contribution in [0.3, 0.4) is 0 Å². The summed E-state index contributed by atoms with van der Waals surface area (Å²) in [7, 11) is 0. The molecule has 0 bridgehead atoms. The van der Waals surface area contributed by atoms with Gasteiger partial charge in [0.15, 0.2) is 0 Å². The largest absolute Gasteiger partial charge is 0.378 e. The molecular weight excluding hydrogens is 370 g/mol. The number of aromatic nitrogens is 2. The Morgan fingerprint density at radius 2 is 1.89 bits per heavy atom. The Kier molecular flexibility index (Phi) is 5.05. The van der Waals surface area contributed by atoms with Crippen LogP contribution >= 0.6 is 31.9 Å². The summed E-state index contributed by atoms with van der Waals surface area (Å²) in [5, 5.41) is 8.01. The number of benzene rings is 1. The molecule has 0 spiro atoms. The molecule has 1 heterocycles. The van der Waals surface area contributed by atoms with Gasteiger partial charge in [-0.25, -0.2) is 0 Å².